The second-order valence-corrected chi connectivity index (χ2v) is 9.15. The SMILES string of the molecule is CCOc1ccc(S(=O)(=O)Nc2ccc(C)c(Cl)c2)cc1NC(=O)c1cccc(Cl)c1. The zero-order valence-electron chi connectivity index (χ0n) is 16.8. The number of amides is 1. The van der Waals surface area contributed by atoms with Crippen molar-refractivity contribution >= 4 is 50.5 Å². The largest absolute Gasteiger partial charge is 0.492 e. The summed E-state index contributed by atoms with van der Waals surface area (Å²) in [6.07, 6.45) is 0. The predicted octanol–water partition coefficient (Wildman–Crippen LogP) is 5.75. The third-order valence-corrected chi connectivity index (χ3v) is 6.34. The van der Waals surface area contributed by atoms with Gasteiger partial charge in [0, 0.05) is 15.6 Å². The van der Waals surface area contributed by atoms with Crippen LogP contribution in [-0.4, -0.2) is 20.9 Å². The lowest BCUT2D eigenvalue weighted by Gasteiger charge is -2.15. The van der Waals surface area contributed by atoms with Crippen LogP contribution in [0.2, 0.25) is 10.0 Å². The maximum atomic E-state index is 12.9. The first-order chi connectivity index (χ1) is 14.7. The minimum atomic E-state index is -3.94. The first-order valence-corrected chi connectivity index (χ1v) is 11.6. The molecule has 0 bridgehead atoms. The molecule has 162 valence electrons. The summed E-state index contributed by atoms with van der Waals surface area (Å²) in [6.45, 7) is 3.95. The normalized spacial score (nSPS) is 11.1. The molecule has 6 nitrogen and oxygen atoms in total. The van der Waals surface area contributed by atoms with Crippen LogP contribution in [0.5, 0.6) is 5.75 Å². The minimum absolute atomic E-state index is 0.0472. The molecule has 3 aromatic carbocycles. The molecule has 2 N–H and O–H groups in total. The fraction of sp³-hybridized carbons (Fsp3) is 0.136. The summed E-state index contributed by atoms with van der Waals surface area (Å²) >= 11 is 12.0. The highest BCUT2D eigenvalue weighted by atomic mass is 35.5. The molecule has 0 spiro atoms. The Hall–Kier alpha value is -2.74. The number of halogens is 2. The standard InChI is InChI=1S/C22H20Cl2N2O4S/c1-3-30-21-10-9-18(31(28,29)26-17-8-7-14(2)19(24)12-17)13-20(21)25-22(27)15-5-4-6-16(23)11-15/h4-13,26H,3H2,1-2H3,(H,25,27). The number of carbonyl (C=O) groups is 1. The van der Waals surface area contributed by atoms with Gasteiger partial charge in [0.25, 0.3) is 15.9 Å². The van der Waals surface area contributed by atoms with Crippen molar-refractivity contribution in [2.75, 3.05) is 16.6 Å². The van der Waals surface area contributed by atoms with Crippen molar-refractivity contribution in [3.63, 3.8) is 0 Å². The summed E-state index contributed by atoms with van der Waals surface area (Å²) in [5, 5.41) is 3.55. The summed E-state index contributed by atoms with van der Waals surface area (Å²) in [4.78, 5) is 12.6. The summed E-state index contributed by atoms with van der Waals surface area (Å²) in [6, 6.07) is 15.5. The van der Waals surface area contributed by atoms with E-state index < -0.39 is 15.9 Å². The monoisotopic (exact) mass is 478 g/mol. The molecule has 0 heterocycles. The summed E-state index contributed by atoms with van der Waals surface area (Å²) < 4.78 is 33.8. The quantitative estimate of drug-likeness (QED) is 0.452. The first-order valence-electron chi connectivity index (χ1n) is 9.32. The smallest absolute Gasteiger partial charge is 0.261 e. The molecule has 31 heavy (non-hydrogen) atoms. The van der Waals surface area contributed by atoms with Gasteiger partial charge in [-0.1, -0.05) is 35.3 Å². The molecule has 0 aliphatic heterocycles. The molecule has 0 unspecified atom stereocenters. The fourth-order valence-corrected chi connectivity index (χ4v) is 4.20. The maximum absolute atomic E-state index is 12.9. The van der Waals surface area contributed by atoms with Crippen LogP contribution in [0.15, 0.2) is 65.6 Å². The molecule has 0 saturated heterocycles. The van der Waals surface area contributed by atoms with E-state index in [1.54, 1.807) is 37.3 Å². The van der Waals surface area contributed by atoms with Crippen LogP contribution in [0.25, 0.3) is 0 Å². The Balaban J connectivity index is 1.92. The Kier molecular flexibility index (Phi) is 7.10. The Morgan fingerprint density at radius 1 is 1.03 bits per heavy atom. The first kappa shape index (κ1) is 22.9. The number of ether oxygens (including phenoxy) is 1. The van der Waals surface area contributed by atoms with E-state index in [1.165, 1.54) is 30.3 Å². The number of carbonyl (C=O) groups excluding carboxylic acids is 1. The molecule has 0 radical (unpaired) electrons. The third-order valence-electron chi connectivity index (χ3n) is 4.32. The second-order valence-electron chi connectivity index (χ2n) is 6.62. The Morgan fingerprint density at radius 2 is 1.81 bits per heavy atom. The number of nitrogens with one attached hydrogen (secondary N) is 2. The highest BCUT2D eigenvalue weighted by Crippen LogP contribution is 2.30. The van der Waals surface area contributed by atoms with E-state index in [-0.39, 0.29) is 10.6 Å². The number of hydrogen-bond acceptors (Lipinski definition) is 4. The number of rotatable bonds is 7. The van der Waals surface area contributed by atoms with E-state index in [1.807, 2.05) is 6.92 Å². The highest BCUT2D eigenvalue weighted by Gasteiger charge is 2.19. The van der Waals surface area contributed by atoms with Crippen LogP contribution in [-0.2, 0) is 10.0 Å². The second kappa shape index (κ2) is 9.60. The van der Waals surface area contributed by atoms with Crippen LogP contribution >= 0.6 is 23.2 Å². The summed E-state index contributed by atoms with van der Waals surface area (Å²) in [7, 11) is -3.94. The lowest BCUT2D eigenvalue weighted by molar-refractivity contribution is 0.102. The average Bonchev–Trinajstić information content (AvgIpc) is 2.72. The van der Waals surface area contributed by atoms with Crippen molar-refractivity contribution in [1.29, 1.82) is 0 Å². The van der Waals surface area contributed by atoms with E-state index in [0.717, 1.165) is 5.56 Å². The molecule has 0 aromatic heterocycles. The molecule has 3 rings (SSSR count). The van der Waals surface area contributed by atoms with Crippen LogP contribution in [0.4, 0.5) is 11.4 Å². The molecule has 1 amide bonds. The van der Waals surface area contributed by atoms with Gasteiger partial charge in [-0.15, -0.1) is 0 Å². The molecule has 0 aliphatic rings. The van der Waals surface area contributed by atoms with Gasteiger partial charge in [-0.2, -0.15) is 0 Å². The molecule has 0 fully saturated rings. The molecule has 3 aromatic rings. The van der Waals surface area contributed by atoms with E-state index in [0.29, 0.717) is 33.7 Å². The van der Waals surface area contributed by atoms with Gasteiger partial charge in [-0.25, -0.2) is 8.42 Å². The molecule has 9 heteroatoms. The van der Waals surface area contributed by atoms with E-state index in [9.17, 15) is 13.2 Å². The van der Waals surface area contributed by atoms with Crippen LogP contribution < -0.4 is 14.8 Å². The number of sulfonamides is 1. The number of hydrogen-bond donors (Lipinski definition) is 2. The third kappa shape index (κ3) is 5.70. The lowest BCUT2D eigenvalue weighted by Crippen LogP contribution is -2.16. The van der Waals surface area contributed by atoms with Gasteiger partial charge in [-0.3, -0.25) is 9.52 Å². The summed E-state index contributed by atoms with van der Waals surface area (Å²) in [5.41, 5.74) is 1.71. The van der Waals surface area contributed by atoms with Crippen LogP contribution in [0.1, 0.15) is 22.8 Å². The zero-order chi connectivity index (χ0) is 22.6. The highest BCUT2D eigenvalue weighted by molar-refractivity contribution is 7.92. The average molecular weight is 479 g/mol. The van der Waals surface area contributed by atoms with Crippen molar-refractivity contribution in [3.8, 4) is 5.75 Å². The van der Waals surface area contributed by atoms with Gasteiger partial charge < -0.3 is 10.1 Å². The van der Waals surface area contributed by atoms with Gasteiger partial charge in [0.2, 0.25) is 0 Å². The van der Waals surface area contributed by atoms with Crippen molar-refractivity contribution < 1.29 is 17.9 Å². The molecule has 0 atom stereocenters. The fourth-order valence-electron chi connectivity index (χ4n) is 2.75. The number of benzene rings is 3. The maximum Gasteiger partial charge on any atom is 0.261 e. The van der Waals surface area contributed by atoms with Crippen molar-refractivity contribution in [1.82, 2.24) is 0 Å². The van der Waals surface area contributed by atoms with E-state index in [2.05, 4.69) is 10.0 Å². The number of aryl methyl sites for hydroxylation is 1. The molecule has 0 aliphatic carbocycles. The summed E-state index contributed by atoms with van der Waals surface area (Å²) in [5.74, 6) is -0.105. The van der Waals surface area contributed by atoms with E-state index in [4.69, 9.17) is 27.9 Å². The van der Waals surface area contributed by atoms with Crippen molar-refractivity contribution in [3.05, 3.63) is 81.8 Å². The van der Waals surface area contributed by atoms with Crippen LogP contribution in [0.3, 0.4) is 0 Å². The van der Waals surface area contributed by atoms with Gasteiger partial charge in [0.15, 0.2) is 0 Å². The number of anilines is 2. The Morgan fingerprint density at radius 3 is 2.48 bits per heavy atom. The van der Waals surface area contributed by atoms with Crippen molar-refractivity contribution in [2.45, 2.75) is 18.7 Å². The molecular formula is C22H20Cl2N2O4S. The van der Waals surface area contributed by atoms with Gasteiger partial charge in [0.1, 0.15) is 5.75 Å². The topological polar surface area (TPSA) is 84.5 Å². The minimum Gasteiger partial charge on any atom is -0.492 e. The van der Waals surface area contributed by atoms with E-state index >= 15 is 0 Å². The van der Waals surface area contributed by atoms with Gasteiger partial charge >= 0.3 is 0 Å². The van der Waals surface area contributed by atoms with Gasteiger partial charge in [-0.05, 0) is 67.9 Å². The Bertz CT molecular complexity index is 1230. The zero-order valence-corrected chi connectivity index (χ0v) is 19.1. The lowest BCUT2D eigenvalue weighted by atomic mass is 10.2. The van der Waals surface area contributed by atoms with Crippen LogP contribution in [0, 0.1) is 6.92 Å². The van der Waals surface area contributed by atoms with Gasteiger partial charge in [0.05, 0.1) is 22.9 Å². The molecule has 0 saturated carbocycles. The molecular weight excluding hydrogens is 459 g/mol. The van der Waals surface area contributed by atoms with Crippen molar-refractivity contribution in [2.24, 2.45) is 0 Å². The predicted molar refractivity (Wildman–Crippen MR) is 124 cm³/mol. The Labute approximate surface area is 191 Å².